The molecule has 0 amide bonds. The fraction of sp³-hybridized carbons (Fsp3) is 0.500. The summed E-state index contributed by atoms with van der Waals surface area (Å²) in [5.41, 5.74) is 0.214. The van der Waals surface area contributed by atoms with Crippen molar-refractivity contribution in [2.45, 2.75) is 46.0 Å². The van der Waals surface area contributed by atoms with Gasteiger partial charge in [0.2, 0.25) is 0 Å². The Bertz CT molecular complexity index is 407. The van der Waals surface area contributed by atoms with Crippen LogP contribution in [0, 0.1) is 0 Å². The second-order valence-electron chi connectivity index (χ2n) is 5.10. The third-order valence-corrected chi connectivity index (χ3v) is 2.13. The molecule has 1 atom stereocenters. The van der Waals surface area contributed by atoms with Crippen LogP contribution in [0.15, 0.2) is 24.3 Å². The first-order valence-corrected chi connectivity index (χ1v) is 5.91. The van der Waals surface area contributed by atoms with Crippen molar-refractivity contribution in [1.82, 2.24) is 0 Å². The van der Waals surface area contributed by atoms with E-state index < -0.39 is 17.7 Å². The second kappa shape index (κ2) is 5.87. The molecule has 4 heteroatoms. The van der Waals surface area contributed by atoms with Crippen LogP contribution in [0.2, 0.25) is 0 Å². The average molecular weight is 252 g/mol. The van der Waals surface area contributed by atoms with E-state index in [1.807, 2.05) is 20.8 Å². The number of hydrogen-bond acceptors (Lipinski definition) is 4. The predicted molar refractivity (Wildman–Crippen MR) is 68.3 cm³/mol. The van der Waals surface area contributed by atoms with Crippen LogP contribution >= 0.6 is 0 Å². The van der Waals surface area contributed by atoms with E-state index in [1.165, 1.54) is 0 Å². The summed E-state index contributed by atoms with van der Waals surface area (Å²) >= 11 is 0. The molecule has 0 aliphatic heterocycles. The molecule has 0 spiro atoms. The van der Waals surface area contributed by atoms with Crippen molar-refractivity contribution in [3.63, 3.8) is 0 Å². The first-order valence-electron chi connectivity index (χ1n) is 5.91. The van der Waals surface area contributed by atoms with Gasteiger partial charge in [0, 0.05) is 0 Å². The van der Waals surface area contributed by atoms with Gasteiger partial charge in [0.1, 0.15) is 11.4 Å². The molecule has 100 valence electrons. The van der Waals surface area contributed by atoms with E-state index in [4.69, 9.17) is 14.6 Å². The topological polar surface area (TPSA) is 55.8 Å². The van der Waals surface area contributed by atoms with E-state index in [9.17, 15) is 4.79 Å². The third kappa shape index (κ3) is 4.75. The first kappa shape index (κ1) is 14.5. The van der Waals surface area contributed by atoms with Gasteiger partial charge in [0.15, 0.2) is 6.10 Å². The molecule has 0 saturated heterocycles. The minimum atomic E-state index is -0.682. The number of aliphatic hydroxyl groups excluding tert-OH is 1. The van der Waals surface area contributed by atoms with Gasteiger partial charge in [-0.3, -0.25) is 0 Å². The number of rotatable bonds is 4. The Hall–Kier alpha value is -1.55. The predicted octanol–water partition coefficient (Wildman–Crippen LogP) is 2.29. The van der Waals surface area contributed by atoms with Crippen LogP contribution in [-0.4, -0.2) is 22.8 Å². The van der Waals surface area contributed by atoms with Crippen molar-refractivity contribution in [2.24, 2.45) is 0 Å². The van der Waals surface area contributed by atoms with Gasteiger partial charge in [-0.1, -0.05) is 12.1 Å². The molecule has 0 heterocycles. The first-order chi connectivity index (χ1) is 8.31. The van der Waals surface area contributed by atoms with E-state index in [0.29, 0.717) is 5.75 Å². The van der Waals surface area contributed by atoms with Gasteiger partial charge in [-0.2, -0.15) is 0 Å². The third-order valence-electron chi connectivity index (χ3n) is 2.13. The van der Waals surface area contributed by atoms with Crippen LogP contribution in [0.3, 0.4) is 0 Å². The van der Waals surface area contributed by atoms with Crippen LogP contribution in [0.4, 0.5) is 0 Å². The molecule has 1 N–H and O–H groups in total. The number of carbonyl (C=O) groups is 1. The lowest BCUT2D eigenvalue weighted by molar-refractivity contribution is -0.162. The number of benzene rings is 1. The number of carbonyl (C=O) groups excluding carboxylic acids is 1. The van der Waals surface area contributed by atoms with Crippen molar-refractivity contribution in [3.05, 3.63) is 29.8 Å². The van der Waals surface area contributed by atoms with Crippen LogP contribution in [-0.2, 0) is 16.1 Å². The Morgan fingerprint density at radius 1 is 1.39 bits per heavy atom. The fourth-order valence-electron chi connectivity index (χ4n) is 1.35. The van der Waals surface area contributed by atoms with Crippen molar-refractivity contribution >= 4 is 5.97 Å². The smallest absolute Gasteiger partial charge is 0.347 e. The van der Waals surface area contributed by atoms with Crippen molar-refractivity contribution in [3.8, 4) is 5.75 Å². The molecule has 0 aliphatic carbocycles. The molecular weight excluding hydrogens is 232 g/mol. The fourth-order valence-corrected chi connectivity index (χ4v) is 1.35. The largest absolute Gasteiger partial charge is 0.479 e. The SMILES string of the molecule is C[C@H](Oc1cccc(CO)c1)C(=O)OC(C)(C)C. The van der Waals surface area contributed by atoms with E-state index in [-0.39, 0.29) is 6.61 Å². The molecule has 0 saturated carbocycles. The van der Waals surface area contributed by atoms with Crippen molar-refractivity contribution in [2.75, 3.05) is 0 Å². The summed E-state index contributed by atoms with van der Waals surface area (Å²) in [6, 6.07) is 6.98. The highest BCUT2D eigenvalue weighted by Gasteiger charge is 2.22. The molecule has 0 fully saturated rings. The van der Waals surface area contributed by atoms with Gasteiger partial charge in [-0.25, -0.2) is 4.79 Å². The van der Waals surface area contributed by atoms with E-state index in [2.05, 4.69) is 0 Å². The molecule has 0 aliphatic rings. The van der Waals surface area contributed by atoms with Gasteiger partial charge in [0.05, 0.1) is 6.61 Å². The lowest BCUT2D eigenvalue weighted by atomic mass is 10.2. The lowest BCUT2D eigenvalue weighted by Gasteiger charge is -2.22. The number of esters is 1. The molecule has 0 radical (unpaired) electrons. The summed E-state index contributed by atoms with van der Waals surface area (Å²) in [4.78, 5) is 11.7. The molecule has 18 heavy (non-hydrogen) atoms. The van der Waals surface area contributed by atoms with Gasteiger partial charge >= 0.3 is 5.97 Å². The van der Waals surface area contributed by atoms with Gasteiger partial charge in [-0.05, 0) is 45.4 Å². The molecule has 0 bridgehead atoms. The van der Waals surface area contributed by atoms with Crippen molar-refractivity contribution < 1.29 is 19.4 Å². The van der Waals surface area contributed by atoms with Crippen LogP contribution in [0.1, 0.15) is 33.3 Å². The minimum absolute atomic E-state index is 0.0575. The standard InChI is InChI=1S/C14H20O4/c1-10(13(16)18-14(2,3)4)17-12-7-5-6-11(8-12)9-15/h5-8,10,15H,9H2,1-4H3/t10-/m0/s1. The Balaban J connectivity index is 2.63. The molecule has 4 nitrogen and oxygen atoms in total. The second-order valence-corrected chi connectivity index (χ2v) is 5.10. The highest BCUT2D eigenvalue weighted by Crippen LogP contribution is 2.16. The maximum atomic E-state index is 11.7. The van der Waals surface area contributed by atoms with Crippen LogP contribution in [0.5, 0.6) is 5.75 Å². The minimum Gasteiger partial charge on any atom is -0.479 e. The zero-order chi connectivity index (χ0) is 13.8. The molecular formula is C14H20O4. The van der Waals surface area contributed by atoms with Gasteiger partial charge < -0.3 is 14.6 Å². The Morgan fingerprint density at radius 2 is 2.06 bits per heavy atom. The van der Waals surface area contributed by atoms with E-state index >= 15 is 0 Å². The van der Waals surface area contributed by atoms with E-state index in [1.54, 1.807) is 31.2 Å². The number of aliphatic hydroxyl groups is 1. The Morgan fingerprint density at radius 3 is 2.61 bits per heavy atom. The normalized spacial score (nSPS) is 12.9. The zero-order valence-corrected chi connectivity index (χ0v) is 11.3. The molecule has 1 aromatic carbocycles. The van der Waals surface area contributed by atoms with E-state index in [0.717, 1.165) is 5.56 Å². The molecule has 1 aromatic rings. The molecule has 0 unspecified atom stereocenters. The van der Waals surface area contributed by atoms with Gasteiger partial charge in [0.25, 0.3) is 0 Å². The average Bonchev–Trinajstić information content (AvgIpc) is 2.27. The summed E-state index contributed by atoms with van der Waals surface area (Å²) in [5, 5.41) is 9.01. The van der Waals surface area contributed by atoms with Crippen LogP contribution < -0.4 is 4.74 Å². The maximum Gasteiger partial charge on any atom is 0.347 e. The van der Waals surface area contributed by atoms with Crippen LogP contribution in [0.25, 0.3) is 0 Å². The summed E-state index contributed by atoms with van der Waals surface area (Å²) < 4.78 is 10.7. The quantitative estimate of drug-likeness (QED) is 0.835. The summed E-state index contributed by atoms with van der Waals surface area (Å²) in [6.07, 6.45) is -0.682. The Labute approximate surface area is 108 Å². The van der Waals surface area contributed by atoms with Crippen molar-refractivity contribution in [1.29, 1.82) is 0 Å². The summed E-state index contributed by atoms with van der Waals surface area (Å²) in [7, 11) is 0. The number of hydrogen-bond donors (Lipinski definition) is 1. The van der Waals surface area contributed by atoms with Gasteiger partial charge in [-0.15, -0.1) is 0 Å². The monoisotopic (exact) mass is 252 g/mol. The maximum absolute atomic E-state index is 11.7. The Kier molecular flexibility index (Phi) is 4.73. The lowest BCUT2D eigenvalue weighted by Crippen LogP contribution is -2.33. The molecule has 0 aromatic heterocycles. The summed E-state index contributed by atoms with van der Waals surface area (Å²) in [5.74, 6) is 0.136. The highest BCUT2D eigenvalue weighted by molar-refractivity contribution is 5.75. The highest BCUT2D eigenvalue weighted by atomic mass is 16.6. The molecule has 1 rings (SSSR count). The number of ether oxygens (including phenoxy) is 2. The summed E-state index contributed by atoms with van der Waals surface area (Å²) in [6.45, 7) is 7.01. The zero-order valence-electron chi connectivity index (χ0n) is 11.3.